The fourth-order valence-electron chi connectivity index (χ4n) is 3.75. The van der Waals surface area contributed by atoms with Crippen molar-refractivity contribution in [3.05, 3.63) is 11.8 Å². The van der Waals surface area contributed by atoms with E-state index in [0.29, 0.717) is 6.04 Å². The Hall–Kier alpha value is -0.500. The molecule has 0 aromatic heterocycles. The molecule has 1 heterocycles. The number of hydrogen-bond donors (Lipinski definition) is 1. The Kier molecular flexibility index (Phi) is 2.93. The van der Waals surface area contributed by atoms with Gasteiger partial charge in [0.05, 0.1) is 12.6 Å². The second-order valence-electron chi connectivity index (χ2n) is 5.51. The molecule has 3 rings (SSSR count). The molecule has 2 fully saturated rings. The maximum absolute atomic E-state index is 5.78. The van der Waals surface area contributed by atoms with Crippen molar-refractivity contribution in [2.45, 2.75) is 45.1 Å². The minimum absolute atomic E-state index is 0.540. The topological polar surface area (TPSA) is 21.3 Å². The first-order chi connectivity index (χ1) is 7.92. The Labute approximate surface area is 98.4 Å². The summed E-state index contributed by atoms with van der Waals surface area (Å²) >= 11 is 0. The van der Waals surface area contributed by atoms with Gasteiger partial charge in [-0.05, 0) is 49.6 Å². The summed E-state index contributed by atoms with van der Waals surface area (Å²) in [7, 11) is 0. The average Bonchev–Trinajstić information content (AvgIpc) is 2.79. The van der Waals surface area contributed by atoms with E-state index in [2.05, 4.69) is 18.3 Å². The molecule has 0 saturated heterocycles. The van der Waals surface area contributed by atoms with Crippen LogP contribution in [0.3, 0.4) is 0 Å². The molecule has 0 amide bonds. The smallest absolute Gasteiger partial charge is 0.109 e. The molecule has 2 aliphatic carbocycles. The normalized spacial score (nSPS) is 37.8. The molecule has 2 saturated carbocycles. The van der Waals surface area contributed by atoms with E-state index in [0.717, 1.165) is 37.3 Å². The van der Waals surface area contributed by atoms with E-state index in [9.17, 15) is 0 Å². The highest BCUT2D eigenvalue weighted by Crippen LogP contribution is 2.60. The molecule has 16 heavy (non-hydrogen) atoms. The lowest BCUT2D eigenvalue weighted by Crippen LogP contribution is -2.35. The Balaban J connectivity index is 1.65. The van der Waals surface area contributed by atoms with E-state index in [4.69, 9.17) is 4.74 Å². The zero-order valence-corrected chi connectivity index (χ0v) is 10.2. The summed E-state index contributed by atoms with van der Waals surface area (Å²) in [6.45, 7) is 4.27. The fourth-order valence-corrected chi connectivity index (χ4v) is 3.75. The van der Waals surface area contributed by atoms with Gasteiger partial charge < -0.3 is 10.1 Å². The van der Waals surface area contributed by atoms with Gasteiger partial charge in [-0.15, -0.1) is 0 Å². The zero-order chi connectivity index (χ0) is 11.0. The van der Waals surface area contributed by atoms with Gasteiger partial charge in [-0.1, -0.05) is 13.3 Å². The van der Waals surface area contributed by atoms with Crippen LogP contribution in [0.25, 0.3) is 0 Å². The molecule has 2 heteroatoms. The van der Waals surface area contributed by atoms with Crippen LogP contribution < -0.4 is 5.32 Å². The third-order valence-corrected chi connectivity index (χ3v) is 4.51. The molecule has 0 aromatic carbocycles. The molecular formula is C14H23NO. The molecule has 0 spiro atoms. The van der Waals surface area contributed by atoms with E-state index in [1.807, 2.05) is 0 Å². The molecule has 2 nitrogen and oxygen atoms in total. The summed E-state index contributed by atoms with van der Waals surface area (Å²) in [5.74, 6) is 4.18. The van der Waals surface area contributed by atoms with Crippen LogP contribution in [0.5, 0.6) is 0 Å². The lowest BCUT2D eigenvalue weighted by molar-refractivity contribution is 0.202. The van der Waals surface area contributed by atoms with Crippen molar-refractivity contribution in [3.63, 3.8) is 0 Å². The van der Waals surface area contributed by atoms with Gasteiger partial charge in [-0.25, -0.2) is 0 Å². The summed E-state index contributed by atoms with van der Waals surface area (Å²) in [6.07, 6.45) is 9.03. The Morgan fingerprint density at radius 3 is 2.88 bits per heavy atom. The highest BCUT2D eigenvalue weighted by molar-refractivity contribution is 5.18. The van der Waals surface area contributed by atoms with E-state index >= 15 is 0 Å². The van der Waals surface area contributed by atoms with Gasteiger partial charge in [0.15, 0.2) is 0 Å². The van der Waals surface area contributed by atoms with Crippen LogP contribution >= 0.6 is 0 Å². The zero-order valence-electron chi connectivity index (χ0n) is 10.2. The monoisotopic (exact) mass is 221 g/mol. The summed E-state index contributed by atoms with van der Waals surface area (Å²) in [5.41, 5.74) is 0. The lowest BCUT2D eigenvalue weighted by atomic mass is 10.0. The average molecular weight is 221 g/mol. The van der Waals surface area contributed by atoms with Crippen molar-refractivity contribution in [2.24, 2.45) is 17.8 Å². The van der Waals surface area contributed by atoms with Gasteiger partial charge in [0.1, 0.15) is 5.76 Å². The Morgan fingerprint density at radius 2 is 2.25 bits per heavy atom. The number of hydrogen-bond acceptors (Lipinski definition) is 2. The van der Waals surface area contributed by atoms with Crippen molar-refractivity contribution >= 4 is 0 Å². The first kappa shape index (κ1) is 10.6. The number of rotatable bonds is 5. The highest BCUT2D eigenvalue weighted by atomic mass is 16.5. The summed E-state index contributed by atoms with van der Waals surface area (Å²) in [5, 5.41) is 3.71. The number of fused-ring (bicyclic) bond motifs is 1. The first-order valence-corrected chi connectivity index (χ1v) is 6.98. The second kappa shape index (κ2) is 4.40. The summed E-state index contributed by atoms with van der Waals surface area (Å²) in [4.78, 5) is 0. The largest absolute Gasteiger partial charge is 0.496 e. The minimum Gasteiger partial charge on any atom is -0.496 e. The van der Waals surface area contributed by atoms with Gasteiger partial charge >= 0.3 is 0 Å². The minimum atomic E-state index is 0.540. The predicted molar refractivity (Wildman–Crippen MR) is 65.1 cm³/mol. The molecule has 1 aliphatic heterocycles. The van der Waals surface area contributed by atoms with Gasteiger partial charge in [0.25, 0.3) is 0 Å². The third-order valence-electron chi connectivity index (χ3n) is 4.51. The highest BCUT2D eigenvalue weighted by Gasteiger charge is 2.56. The first-order valence-electron chi connectivity index (χ1n) is 6.98. The van der Waals surface area contributed by atoms with E-state index < -0.39 is 0 Å². The molecule has 3 unspecified atom stereocenters. The van der Waals surface area contributed by atoms with Crippen molar-refractivity contribution in [3.8, 4) is 0 Å². The van der Waals surface area contributed by atoms with E-state index in [1.165, 1.54) is 31.4 Å². The number of nitrogens with one attached hydrogen (secondary N) is 1. The Bertz CT molecular complexity index is 276. The third kappa shape index (κ3) is 1.77. The standard InChI is InChI=1S/C14H23NO/c1-2-8-15-14(12-7-4-9-16-12)13-10-5-3-6-11(10)13/h7,10-11,13-15H,2-6,8-9H2,1H3. The fraction of sp³-hybridized carbons (Fsp3) is 0.857. The molecule has 90 valence electrons. The predicted octanol–water partition coefficient (Wildman–Crippen LogP) is 2.70. The molecule has 1 N–H and O–H groups in total. The quantitative estimate of drug-likeness (QED) is 0.770. The Morgan fingerprint density at radius 1 is 1.44 bits per heavy atom. The SMILES string of the molecule is CCCNC(C1=CCCO1)C1C2CCCC21. The van der Waals surface area contributed by atoms with Crippen LogP contribution in [0.15, 0.2) is 11.8 Å². The number of ether oxygens (including phenoxy) is 1. The maximum Gasteiger partial charge on any atom is 0.109 e. The van der Waals surface area contributed by atoms with Gasteiger partial charge in [-0.2, -0.15) is 0 Å². The van der Waals surface area contributed by atoms with Gasteiger partial charge in [0, 0.05) is 6.42 Å². The molecule has 0 radical (unpaired) electrons. The van der Waals surface area contributed by atoms with Gasteiger partial charge in [-0.3, -0.25) is 0 Å². The van der Waals surface area contributed by atoms with E-state index in [-0.39, 0.29) is 0 Å². The van der Waals surface area contributed by atoms with E-state index in [1.54, 1.807) is 0 Å². The summed E-state index contributed by atoms with van der Waals surface area (Å²) in [6, 6.07) is 0.540. The summed E-state index contributed by atoms with van der Waals surface area (Å²) < 4.78 is 5.78. The van der Waals surface area contributed by atoms with Crippen molar-refractivity contribution in [1.29, 1.82) is 0 Å². The molecule has 0 aromatic rings. The van der Waals surface area contributed by atoms with Crippen molar-refractivity contribution < 1.29 is 4.74 Å². The molecule has 3 atom stereocenters. The van der Waals surface area contributed by atoms with Gasteiger partial charge in [0.2, 0.25) is 0 Å². The van der Waals surface area contributed by atoms with Crippen LogP contribution in [-0.4, -0.2) is 19.2 Å². The molecular weight excluding hydrogens is 198 g/mol. The van der Waals surface area contributed by atoms with Crippen molar-refractivity contribution in [2.75, 3.05) is 13.2 Å². The van der Waals surface area contributed by atoms with Crippen LogP contribution in [0.4, 0.5) is 0 Å². The molecule has 0 bridgehead atoms. The molecule has 3 aliphatic rings. The van der Waals surface area contributed by atoms with Crippen LogP contribution in [0, 0.1) is 17.8 Å². The van der Waals surface area contributed by atoms with Crippen molar-refractivity contribution in [1.82, 2.24) is 5.32 Å². The van der Waals surface area contributed by atoms with Crippen LogP contribution in [0.1, 0.15) is 39.0 Å². The lowest BCUT2D eigenvalue weighted by Gasteiger charge is -2.21. The maximum atomic E-state index is 5.78. The second-order valence-corrected chi connectivity index (χ2v) is 5.51. The van der Waals surface area contributed by atoms with Crippen LogP contribution in [-0.2, 0) is 4.74 Å². The van der Waals surface area contributed by atoms with Crippen LogP contribution in [0.2, 0.25) is 0 Å².